The first-order valence-electron chi connectivity index (χ1n) is 6.92. The summed E-state index contributed by atoms with van der Waals surface area (Å²) in [6.07, 6.45) is 1.90. The van der Waals surface area contributed by atoms with Gasteiger partial charge in [0.15, 0.2) is 0 Å². The molecule has 0 aliphatic heterocycles. The second-order valence-electron chi connectivity index (χ2n) is 5.18. The molecule has 0 aliphatic rings. The second kappa shape index (κ2) is 5.78. The second-order valence-corrected chi connectivity index (χ2v) is 5.59. The molecule has 1 heterocycles. The number of benzene rings is 2. The van der Waals surface area contributed by atoms with Gasteiger partial charge in [0, 0.05) is 35.4 Å². The van der Waals surface area contributed by atoms with E-state index in [1.54, 1.807) is 12.1 Å². The van der Waals surface area contributed by atoms with Gasteiger partial charge in [0.1, 0.15) is 0 Å². The van der Waals surface area contributed by atoms with Crippen LogP contribution in [0.1, 0.15) is 20.7 Å². The predicted molar refractivity (Wildman–Crippen MR) is 90.8 cm³/mol. The monoisotopic (exact) mass is 327 g/mol. The first-order valence-corrected chi connectivity index (χ1v) is 7.30. The summed E-state index contributed by atoms with van der Waals surface area (Å²) >= 11 is 5.91. The number of hydrogen-bond acceptors (Lipinski definition) is 2. The maximum absolute atomic E-state index is 12.5. The third kappa shape index (κ3) is 2.78. The average molecular weight is 328 g/mol. The van der Waals surface area contributed by atoms with Crippen LogP contribution in [0, 0.1) is 0 Å². The van der Waals surface area contributed by atoms with Gasteiger partial charge < -0.3 is 15.6 Å². The molecule has 2 aromatic carbocycles. The fraction of sp³-hybridized carbons (Fsp3) is 0.0588. The molecule has 0 aliphatic carbocycles. The van der Waals surface area contributed by atoms with Gasteiger partial charge in [-0.15, -0.1) is 0 Å². The number of nitrogens with zero attached hydrogens (tertiary/aromatic N) is 1. The van der Waals surface area contributed by atoms with E-state index in [2.05, 4.69) is 5.32 Å². The maximum Gasteiger partial charge on any atom is 0.256 e. The predicted octanol–water partition coefficient (Wildman–Crippen LogP) is 3.18. The number of carbonyl (C=O) groups excluding carboxylic acids is 2. The van der Waals surface area contributed by atoms with Crippen LogP contribution < -0.4 is 11.1 Å². The molecule has 3 N–H and O–H groups in total. The van der Waals surface area contributed by atoms with E-state index in [-0.39, 0.29) is 16.5 Å². The first-order chi connectivity index (χ1) is 11.0. The Morgan fingerprint density at radius 3 is 2.65 bits per heavy atom. The third-order valence-electron chi connectivity index (χ3n) is 3.66. The van der Waals surface area contributed by atoms with Gasteiger partial charge in [0.05, 0.1) is 10.6 Å². The van der Waals surface area contributed by atoms with Gasteiger partial charge in [-0.05, 0) is 36.4 Å². The van der Waals surface area contributed by atoms with Crippen molar-refractivity contribution in [1.82, 2.24) is 4.57 Å². The van der Waals surface area contributed by atoms with E-state index in [0.717, 1.165) is 10.9 Å². The molecule has 6 heteroatoms. The molecule has 0 atom stereocenters. The van der Waals surface area contributed by atoms with Crippen molar-refractivity contribution in [2.75, 3.05) is 5.32 Å². The minimum Gasteiger partial charge on any atom is -0.366 e. The number of fused-ring (bicyclic) bond motifs is 1. The van der Waals surface area contributed by atoms with Crippen LogP contribution in [-0.2, 0) is 7.05 Å². The summed E-state index contributed by atoms with van der Waals surface area (Å²) in [4.78, 5) is 23.9. The van der Waals surface area contributed by atoms with Crippen molar-refractivity contribution < 1.29 is 9.59 Å². The molecule has 2 amide bonds. The lowest BCUT2D eigenvalue weighted by Crippen LogP contribution is -2.15. The van der Waals surface area contributed by atoms with Crippen molar-refractivity contribution in [3.8, 4) is 0 Å². The molecule has 0 unspecified atom stereocenters. The van der Waals surface area contributed by atoms with Gasteiger partial charge in [-0.1, -0.05) is 17.7 Å². The highest BCUT2D eigenvalue weighted by Gasteiger charge is 2.13. The fourth-order valence-corrected chi connectivity index (χ4v) is 2.70. The van der Waals surface area contributed by atoms with E-state index >= 15 is 0 Å². The highest BCUT2D eigenvalue weighted by atomic mass is 35.5. The zero-order valence-corrected chi connectivity index (χ0v) is 13.1. The van der Waals surface area contributed by atoms with Crippen LogP contribution >= 0.6 is 11.6 Å². The SMILES string of the molecule is Cn1ccc2c(C(=O)Nc3ccc(Cl)c(C(N)=O)c3)cccc21. The number of carbonyl (C=O) groups is 2. The molecule has 0 fully saturated rings. The van der Waals surface area contributed by atoms with E-state index in [1.807, 2.05) is 36.0 Å². The lowest BCUT2D eigenvalue weighted by molar-refractivity contribution is 0.0996. The number of halogens is 1. The Kier molecular flexibility index (Phi) is 3.80. The normalized spacial score (nSPS) is 10.7. The van der Waals surface area contributed by atoms with Crippen molar-refractivity contribution in [3.05, 3.63) is 64.8 Å². The molecule has 0 bridgehead atoms. The van der Waals surface area contributed by atoms with Crippen LogP contribution in [0.25, 0.3) is 10.9 Å². The minimum absolute atomic E-state index is 0.169. The van der Waals surface area contributed by atoms with Gasteiger partial charge in [-0.3, -0.25) is 9.59 Å². The quantitative estimate of drug-likeness (QED) is 0.775. The van der Waals surface area contributed by atoms with Gasteiger partial charge >= 0.3 is 0 Å². The molecule has 3 rings (SSSR count). The summed E-state index contributed by atoms with van der Waals surface area (Å²) in [6, 6.07) is 12.0. The van der Waals surface area contributed by atoms with Crippen molar-refractivity contribution in [2.45, 2.75) is 0 Å². The Labute approximate surface area is 137 Å². The summed E-state index contributed by atoms with van der Waals surface area (Å²) in [5, 5.41) is 3.88. The van der Waals surface area contributed by atoms with Crippen LogP contribution in [0.4, 0.5) is 5.69 Å². The lowest BCUT2D eigenvalue weighted by atomic mass is 10.1. The van der Waals surface area contributed by atoms with Crippen molar-refractivity contribution in [3.63, 3.8) is 0 Å². The number of aryl methyl sites for hydroxylation is 1. The molecule has 0 saturated carbocycles. The molecular weight excluding hydrogens is 314 g/mol. The molecule has 1 aromatic heterocycles. The topological polar surface area (TPSA) is 77.1 Å². The van der Waals surface area contributed by atoms with Gasteiger partial charge in [-0.25, -0.2) is 0 Å². The van der Waals surface area contributed by atoms with Crippen LogP contribution in [0.5, 0.6) is 0 Å². The zero-order chi connectivity index (χ0) is 16.6. The van der Waals surface area contributed by atoms with Crippen LogP contribution in [0.2, 0.25) is 5.02 Å². The van der Waals surface area contributed by atoms with E-state index in [9.17, 15) is 9.59 Å². The number of anilines is 1. The Bertz CT molecular complexity index is 931. The van der Waals surface area contributed by atoms with Crippen LogP contribution in [0.15, 0.2) is 48.7 Å². The van der Waals surface area contributed by atoms with Crippen molar-refractivity contribution in [2.24, 2.45) is 12.8 Å². The van der Waals surface area contributed by atoms with E-state index in [4.69, 9.17) is 17.3 Å². The highest BCUT2D eigenvalue weighted by Crippen LogP contribution is 2.23. The molecule has 0 spiro atoms. The Morgan fingerprint density at radius 1 is 1.13 bits per heavy atom. The number of rotatable bonds is 3. The number of amides is 2. The number of aromatic nitrogens is 1. The molecule has 3 aromatic rings. The first kappa shape index (κ1) is 15.1. The molecule has 0 saturated heterocycles. The smallest absolute Gasteiger partial charge is 0.256 e. The van der Waals surface area contributed by atoms with Gasteiger partial charge in [0.2, 0.25) is 5.91 Å². The number of nitrogens with one attached hydrogen (secondary N) is 1. The standard InChI is InChI=1S/C17H14ClN3O2/c1-21-8-7-11-12(3-2-4-15(11)21)17(23)20-10-5-6-14(18)13(9-10)16(19)22/h2-9H,1H3,(H2,19,22)(H,20,23). The number of nitrogens with two attached hydrogens (primary N) is 1. The third-order valence-corrected chi connectivity index (χ3v) is 3.99. The Morgan fingerprint density at radius 2 is 1.91 bits per heavy atom. The van der Waals surface area contributed by atoms with Crippen molar-refractivity contribution >= 4 is 40.0 Å². The molecular formula is C17H14ClN3O2. The Hall–Kier alpha value is -2.79. The summed E-state index contributed by atoms with van der Waals surface area (Å²) in [5.41, 5.74) is 7.41. The number of primary amides is 1. The van der Waals surface area contributed by atoms with Crippen LogP contribution in [-0.4, -0.2) is 16.4 Å². The summed E-state index contributed by atoms with van der Waals surface area (Å²) in [7, 11) is 1.92. The molecule has 5 nitrogen and oxygen atoms in total. The van der Waals surface area contributed by atoms with Gasteiger partial charge in [0.25, 0.3) is 5.91 Å². The maximum atomic E-state index is 12.5. The van der Waals surface area contributed by atoms with Crippen molar-refractivity contribution in [1.29, 1.82) is 0 Å². The molecule has 0 radical (unpaired) electrons. The minimum atomic E-state index is -0.642. The fourth-order valence-electron chi connectivity index (χ4n) is 2.49. The molecule has 116 valence electrons. The molecule has 23 heavy (non-hydrogen) atoms. The zero-order valence-electron chi connectivity index (χ0n) is 12.3. The summed E-state index contributed by atoms with van der Waals surface area (Å²) in [6.45, 7) is 0. The lowest BCUT2D eigenvalue weighted by Gasteiger charge is -2.09. The average Bonchev–Trinajstić information content (AvgIpc) is 2.90. The van der Waals surface area contributed by atoms with E-state index in [0.29, 0.717) is 11.3 Å². The van der Waals surface area contributed by atoms with E-state index < -0.39 is 5.91 Å². The van der Waals surface area contributed by atoms with Gasteiger partial charge in [-0.2, -0.15) is 0 Å². The Balaban J connectivity index is 1.95. The highest BCUT2D eigenvalue weighted by molar-refractivity contribution is 6.34. The van der Waals surface area contributed by atoms with E-state index in [1.165, 1.54) is 12.1 Å². The van der Waals surface area contributed by atoms with Crippen LogP contribution in [0.3, 0.4) is 0 Å². The summed E-state index contributed by atoms with van der Waals surface area (Å²) in [5.74, 6) is -0.907. The summed E-state index contributed by atoms with van der Waals surface area (Å²) < 4.78 is 1.94. The largest absolute Gasteiger partial charge is 0.366 e. The number of hydrogen-bond donors (Lipinski definition) is 2.